The van der Waals surface area contributed by atoms with Gasteiger partial charge in [-0.3, -0.25) is 4.79 Å². The predicted octanol–water partition coefficient (Wildman–Crippen LogP) is 3.52. The topological polar surface area (TPSA) is 89.3 Å². The number of aromatic nitrogens is 1. The highest BCUT2D eigenvalue weighted by Gasteiger charge is 2.24. The van der Waals surface area contributed by atoms with E-state index in [1.165, 1.54) is 0 Å². The second-order valence-electron chi connectivity index (χ2n) is 6.92. The Morgan fingerprint density at radius 1 is 1.11 bits per heavy atom. The average molecular weight is 396 g/mol. The van der Waals surface area contributed by atoms with Crippen LogP contribution in [0.15, 0.2) is 63.9 Å². The molecule has 6 nitrogen and oxygen atoms in total. The predicted molar refractivity (Wildman–Crippen MR) is 104 cm³/mol. The first-order chi connectivity index (χ1) is 13.4. The molecule has 144 valence electrons. The van der Waals surface area contributed by atoms with Gasteiger partial charge in [-0.2, -0.15) is 0 Å². The van der Waals surface area contributed by atoms with Gasteiger partial charge < -0.3 is 9.73 Å². The van der Waals surface area contributed by atoms with Crippen molar-refractivity contribution in [1.82, 2.24) is 10.3 Å². The Morgan fingerprint density at radius 3 is 2.43 bits per heavy atom. The van der Waals surface area contributed by atoms with Gasteiger partial charge in [-0.15, -0.1) is 0 Å². The molecule has 0 radical (unpaired) electrons. The van der Waals surface area contributed by atoms with Gasteiger partial charge in [0.05, 0.1) is 10.6 Å². The standard InChI is InChI=1S/C21H20N2O4S/c1-14-19(13-28(25,26)18-5-3-2-4-6-18)23-21(27-14)16-9-7-15(8-10-16)20(24)22-17-11-12-17/h2-10,17H,11-13H2,1H3,(H,22,24). The monoisotopic (exact) mass is 396 g/mol. The molecule has 0 bridgehead atoms. The molecule has 1 fully saturated rings. The third-order valence-corrected chi connectivity index (χ3v) is 6.27. The largest absolute Gasteiger partial charge is 0.441 e. The number of nitrogens with zero attached hydrogens (tertiary/aromatic N) is 1. The molecule has 1 N–H and O–H groups in total. The summed E-state index contributed by atoms with van der Waals surface area (Å²) in [5.74, 6) is 0.482. The van der Waals surface area contributed by atoms with Crippen molar-refractivity contribution < 1.29 is 17.6 Å². The summed E-state index contributed by atoms with van der Waals surface area (Å²) in [5, 5.41) is 2.94. The zero-order valence-corrected chi connectivity index (χ0v) is 16.2. The van der Waals surface area contributed by atoms with Gasteiger partial charge in [0.15, 0.2) is 9.84 Å². The number of nitrogens with one attached hydrogen (secondary N) is 1. The van der Waals surface area contributed by atoms with Gasteiger partial charge in [-0.1, -0.05) is 18.2 Å². The number of hydrogen-bond acceptors (Lipinski definition) is 5. The number of oxazole rings is 1. The third kappa shape index (κ3) is 3.99. The third-order valence-electron chi connectivity index (χ3n) is 4.63. The molecule has 4 rings (SSSR count). The highest BCUT2D eigenvalue weighted by atomic mass is 32.2. The molecule has 0 aliphatic heterocycles. The van der Waals surface area contributed by atoms with Crippen LogP contribution in [0.5, 0.6) is 0 Å². The molecule has 0 atom stereocenters. The van der Waals surface area contributed by atoms with Crippen molar-refractivity contribution >= 4 is 15.7 Å². The van der Waals surface area contributed by atoms with Crippen LogP contribution >= 0.6 is 0 Å². The SMILES string of the molecule is Cc1oc(-c2ccc(C(=O)NC3CC3)cc2)nc1CS(=O)(=O)c1ccccc1. The molecule has 0 spiro atoms. The number of benzene rings is 2. The molecule has 7 heteroatoms. The minimum atomic E-state index is -3.50. The molecule has 28 heavy (non-hydrogen) atoms. The quantitative estimate of drug-likeness (QED) is 0.689. The van der Waals surface area contributed by atoms with Gasteiger partial charge >= 0.3 is 0 Å². The van der Waals surface area contributed by atoms with Crippen LogP contribution in [-0.2, 0) is 15.6 Å². The van der Waals surface area contributed by atoms with E-state index in [1.807, 2.05) is 0 Å². The van der Waals surface area contributed by atoms with Crippen molar-refractivity contribution in [3.8, 4) is 11.5 Å². The Kier molecular flexibility index (Phi) is 4.77. The van der Waals surface area contributed by atoms with Crippen LogP contribution in [0.4, 0.5) is 0 Å². The molecule has 0 saturated heterocycles. The minimum Gasteiger partial charge on any atom is -0.441 e. The van der Waals surface area contributed by atoms with Crippen molar-refractivity contribution in [2.24, 2.45) is 0 Å². The Bertz CT molecular complexity index is 1100. The number of carbonyl (C=O) groups excluding carboxylic acids is 1. The van der Waals surface area contributed by atoms with Crippen molar-refractivity contribution in [2.75, 3.05) is 0 Å². The van der Waals surface area contributed by atoms with Crippen LogP contribution in [-0.4, -0.2) is 25.4 Å². The average Bonchev–Trinajstić information content (AvgIpc) is 3.44. The fourth-order valence-corrected chi connectivity index (χ4v) is 4.20. The first-order valence-corrected chi connectivity index (χ1v) is 10.7. The van der Waals surface area contributed by atoms with E-state index in [0.29, 0.717) is 34.5 Å². The van der Waals surface area contributed by atoms with Crippen molar-refractivity contribution in [1.29, 1.82) is 0 Å². The Balaban J connectivity index is 1.53. The summed E-state index contributed by atoms with van der Waals surface area (Å²) in [6, 6.07) is 15.5. The number of amides is 1. The molecule has 1 aliphatic carbocycles. The van der Waals surface area contributed by atoms with Crippen LogP contribution < -0.4 is 5.32 Å². The molecule has 1 heterocycles. The smallest absolute Gasteiger partial charge is 0.251 e. The molecule has 1 aliphatic rings. The van der Waals surface area contributed by atoms with E-state index in [4.69, 9.17) is 4.42 Å². The maximum absolute atomic E-state index is 12.6. The van der Waals surface area contributed by atoms with E-state index < -0.39 is 9.84 Å². The second-order valence-corrected chi connectivity index (χ2v) is 8.91. The molecule has 3 aromatic rings. The molecule has 0 unspecified atom stereocenters. The van der Waals surface area contributed by atoms with Crippen molar-refractivity contribution in [3.05, 3.63) is 71.6 Å². The van der Waals surface area contributed by atoms with Crippen molar-refractivity contribution in [2.45, 2.75) is 36.5 Å². The van der Waals surface area contributed by atoms with Crippen LogP contribution in [0.3, 0.4) is 0 Å². The fraction of sp³-hybridized carbons (Fsp3) is 0.238. The van der Waals surface area contributed by atoms with E-state index in [1.54, 1.807) is 61.5 Å². The van der Waals surface area contributed by atoms with Gasteiger partial charge in [0.2, 0.25) is 5.89 Å². The van der Waals surface area contributed by atoms with E-state index in [-0.39, 0.29) is 16.6 Å². The number of carbonyl (C=O) groups is 1. The highest BCUT2D eigenvalue weighted by molar-refractivity contribution is 7.90. The molecule has 1 aromatic heterocycles. The van der Waals surface area contributed by atoms with Crippen LogP contribution in [0.1, 0.15) is 34.7 Å². The van der Waals surface area contributed by atoms with Gasteiger partial charge in [0, 0.05) is 17.2 Å². The second kappa shape index (κ2) is 7.24. The van der Waals surface area contributed by atoms with E-state index in [0.717, 1.165) is 12.8 Å². The summed E-state index contributed by atoms with van der Waals surface area (Å²) in [6.07, 6.45) is 2.07. The van der Waals surface area contributed by atoms with Crippen LogP contribution in [0, 0.1) is 6.92 Å². The van der Waals surface area contributed by atoms with E-state index in [2.05, 4.69) is 10.3 Å². The van der Waals surface area contributed by atoms with Gasteiger partial charge in [0.1, 0.15) is 11.5 Å². The normalized spacial score (nSPS) is 14.0. The summed E-state index contributed by atoms with van der Waals surface area (Å²) in [5.41, 5.74) is 1.65. The highest BCUT2D eigenvalue weighted by Crippen LogP contribution is 2.25. The Morgan fingerprint density at radius 2 is 1.79 bits per heavy atom. The molecule has 1 amide bonds. The molecule has 2 aromatic carbocycles. The summed E-state index contributed by atoms with van der Waals surface area (Å²) in [4.78, 5) is 16.7. The van der Waals surface area contributed by atoms with Gasteiger partial charge in [0.25, 0.3) is 5.91 Å². The van der Waals surface area contributed by atoms with Gasteiger partial charge in [-0.05, 0) is 56.2 Å². The molecule has 1 saturated carbocycles. The van der Waals surface area contributed by atoms with Crippen molar-refractivity contribution in [3.63, 3.8) is 0 Å². The first kappa shape index (κ1) is 18.4. The maximum Gasteiger partial charge on any atom is 0.251 e. The first-order valence-electron chi connectivity index (χ1n) is 9.08. The number of aryl methyl sites for hydroxylation is 1. The number of hydrogen-bond donors (Lipinski definition) is 1. The van der Waals surface area contributed by atoms with E-state index in [9.17, 15) is 13.2 Å². The van der Waals surface area contributed by atoms with Crippen LogP contribution in [0.25, 0.3) is 11.5 Å². The zero-order chi connectivity index (χ0) is 19.7. The van der Waals surface area contributed by atoms with E-state index >= 15 is 0 Å². The molecular formula is C21H20N2O4S. The van der Waals surface area contributed by atoms with Gasteiger partial charge in [-0.25, -0.2) is 13.4 Å². The summed E-state index contributed by atoms with van der Waals surface area (Å²) >= 11 is 0. The number of sulfone groups is 1. The summed E-state index contributed by atoms with van der Waals surface area (Å²) in [6.45, 7) is 1.70. The summed E-state index contributed by atoms with van der Waals surface area (Å²) in [7, 11) is -3.50. The lowest BCUT2D eigenvalue weighted by molar-refractivity contribution is 0.0951. The minimum absolute atomic E-state index is 0.0905. The zero-order valence-electron chi connectivity index (χ0n) is 15.4. The molecular weight excluding hydrogens is 376 g/mol. The lowest BCUT2D eigenvalue weighted by Gasteiger charge is -2.03. The fourth-order valence-electron chi connectivity index (χ4n) is 2.84. The lowest BCUT2D eigenvalue weighted by Crippen LogP contribution is -2.25. The maximum atomic E-state index is 12.6. The number of rotatable bonds is 6. The van der Waals surface area contributed by atoms with Crippen LogP contribution in [0.2, 0.25) is 0 Å². The Labute approximate surface area is 163 Å². The summed E-state index contributed by atoms with van der Waals surface area (Å²) < 4.78 is 30.9. The Hall–Kier alpha value is -2.93. The lowest BCUT2D eigenvalue weighted by atomic mass is 10.1.